The molecule has 4 aromatic rings. The van der Waals surface area contributed by atoms with Gasteiger partial charge in [-0.15, -0.1) is 0 Å². The van der Waals surface area contributed by atoms with E-state index in [1.807, 2.05) is 48.5 Å². The van der Waals surface area contributed by atoms with Crippen molar-refractivity contribution in [3.05, 3.63) is 82.3 Å². The molecule has 0 spiro atoms. The van der Waals surface area contributed by atoms with Gasteiger partial charge in [-0.05, 0) is 0 Å². The zero-order valence-electron chi connectivity index (χ0n) is 12.3. The Morgan fingerprint density at radius 2 is 1.43 bits per heavy atom. The minimum atomic E-state index is 0.270. The quantitative estimate of drug-likeness (QED) is 0.512. The van der Waals surface area contributed by atoms with Crippen molar-refractivity contribution < 1.29 is 4.42 Å². The van der Waals surface area contributed by atoms with Crippen LogP contribution in [0.1, 0.15) is 10.5 Å². The third kappa shape index (κ3) is 3.19. The van der Waals surface area contributed by atoms with Crippen LogP contribution < -0.4 is 0 Å². The third-order valence-corrected chi connectivity index (χ3v) is 5.33. The van der Waals surface area contributed by atoms with E-state index in [-0.39, 0.29) is 14.5 Å². The molecule has 0 atom stereocenters. The van der Waals surface area contributed by atoms with Crippen molar-refractivity contribution in [2.45, 2.75) is 6.42 Å². The van der Waals surface area contributed by atoms with Crippen LogP contribution in [0.5, 0.6) is 0 Å². The molecular weight excluding hydrogens is 351 g/mol. The fourth-order valence-corrected chi connectivity index (χ4v) is 4.06. The van der Waals surface area contributed by atoms with Crippen LogP contribution in [-0.4, -0.2) is 24.5 Å². The van der Waals surface area contributed by atoms with Crippen molar-refractivity contribution in [1.82, 2.24) is 9.97 Å². The molecule has 4 heteroatoms. The molecule has 112 valence electrons. The fourth-order valence-electron chi connectivity index (χ4n) is 2.40. The second-order valence-electron chi connectivity index (χ2n) is 5.16. The van der Waals surface area contributed by atoms with Crippen LogP contribution in [0.3, 0.4) is 0 Å². The monoisotopic (exact) mass is 366 g/mol. The molecule has 3 nitrogen and oxygen atoms in total. The number of oxazole rings is 1. The molecule has 2 aromatic carbocycles. The van der Waals surface area contributed by atoms with Crippen LogP contribution in [0.25, 0.3) is 22.5 Å². The molecule has 0 saturated heterocycles. The molecular formula is C19H14N2OSe. The van der Waals surface area contributed by atoms with Gasteiger partial charge in [0.05, 0.1) is 0 Å². The van der Waals surface area contributed by atoms with Crippen LogP contribution in [0.4, 0.5) is 0 Å². The molecule has 0 unspecified atom stereocenters. The molecule has 0 aliphatic rings. The summed E-state index contributed by atoms with van der Waals surface area (Å²) in [6, 6.07) is 20.4. The Morgan fingerprint density at radius 1 is 0.783 bits per heavy atom. The number of benzene rings is 2. The average Bonchev–Trinajstić information content (AvgIpc) is 3.27. The molecule has 0 aliphatic heterocycles. The first-order chi connectivity index (χ1) is 11.4. The number of nitrogens with zero attached hydrogens (tertiary/aromatic N) is 2. The summed E-state index contributed by atoms with van der Waals surface area (Å²) in [5, 5.41) is 0. The normalized spacial score (nSPS) is 10.8. The first-order valence-corrected chi connectivity index (χ1v) is 9.23. The van der Waals surface area contributed by atoms with Gasteiger partial charge in [0.15, 0.2) is 0 Å². The second kappa shape index (κ2) is 6.37. The Kier molecular flexibility index (Phi) is 3.93. The van der Waals surface area contributed by atoms with Gasteiger partial charge < -0.3 is 0 Å². The van der Waals surface area contributed by atoms with Crippen LogP contribution in [0.15, 0.2) is 76.3 Å². The van der Waals surface area contributed by atoms with Crippen molar-refractivity contribution in [3.63, 3.8) is 0 Å². The molecule has 0 aliphatic carbocycles. The second-order valence-corrected chi connectivity index (χ2v) is 7.14. The zero-order chi connectivity index (χ0) is 15.5. The standard InChI is InChI=1S/C19H14N2OSe/c1-3-7-14(8-4-1)16-12-22-18(20-16)11-19-21-17(13-23-19)15-9-5-2-6-10-15/h1-10,12-13H,11H2. The summed E-state index contributed by atoms with van der Waals surface area (Å²) in [5.74, 6) is 0.729. The SMILES string of the molecule is c1ccc(-c2coc(Cc3nc(-c4ccccc4)c[se]3)n2)cc1. The number of aromatic nitrogens is 2. The zero-order valence-corrected chi connectivity index (χ0v) is 14.1. The van der Waals surface area contributed by atoms with E-state index < -0.39 is 0 Å². The number of rotatable bonds is 4. The molecule has 0 N–H and O–H groups in total. The fraction of sp³-hybridized carbons (Fsp3) is 0.0526. The van der Waals surface area contributed by atoms with Gasteiger partial charge in [-0.25, -0.2) is 0 Å². The van der Waals surface area contributed by atoms with Crippen molar-refractivity contribution in [2.75, 3.05) is 0 Å². The van der Waals surface area contributed by atoms with E-state index in [1.54, 1.807) is 6.26 Å². The van der Waals surface area contributed by atoms with Crippen LogP contribution in [-0.2, 0) is 6.42 Å². The van der Waals surface area contributed by atoms with Crippen molar-refractivity contribution in [3.8, 4) is 22.5 Å². The number of hydrogen-bond acceptors (Lipinski definition) is 3. The van der Waals surface area contributed by atoms with Gasteiger partial charge in [0.1, 0.15) is 0 Å². The van der Waals surface area contributed by atoms with Crippen molar-refractivity contribution in [1.29, 1.82) is 0 Å². The van der Waals surface area contributed by atoms with E-state index in [0.717, 1.165) is 27.4 Å². The van der Waals surface area contributed by atoms with Crippen molar-refractivity contribution >= 4 is 14.5 Å². The van der Waals surface area contributed by atoms with Gasteiger partial charge in [-0.1, -0.05) is 0 Å². The maximum atomic E-state index is 5.62. The van der Waals surface area contributed by atoms with Crippen molar-refractivity contribution in [2.24, 2.45) is 0 Å². The van der Waals surface area contributed by atoms with Gasteiger partial charge >= 0.3 is 140 Å². The summed E-state index contributed by atoms with van der Waals surface area (Å²) in [6.45, 7) is 0. The summed E-state index contributed by atoms with van der Waals surface area (Å²) < 4.78 is 6.77. The van der Waals surface area contributed by atoms with Crippen LogP contribution >= 0.6 is 0 Å². The first kappa shape index (κ1) is 14.2. The van der Waals surface area contributed by atoms with Crippen LogP contribution in [0, 0.1) is 0 Å². The molecule has 0 saturated carbocycles. The summed E-state index contributed by atoms with van der Waals surface area (Å²) in [7, 11) is 0. The molecule has 0 radical (unpaired) electrons. The summed E-state index contributed by atoms with van der Waals surface area (Å²) in [5.41, 5.74) is 4.18. The predicted molar refractivity (Wildman–Crippen MR) is 91.4 cm³/mol. The summed E-state index contributed by atoms with van der Waals surface area (Å²) >= 11 is 0.270. The Hall–Kier alpha value is -2.42. The Balaban J connectivity index is 1.53. The van der Waals surface area contributed by atoms with Gasteiger partial charge in [-0.3, -0.25) is 0 Å². The third-order valence-electron chi connectivity index (χ3n) is 3.55. The maximum absolute atomic E-state index is 5.62. The Morgan fingerprint density at radius 3 is 2.13 bits per heavy atom. The average molecular weight is 365 g/mol. The molecule has 23 heavy (non-hydrogen) atoms. The summed E-state index contributed by atoms with van der Waals surface area (Å²) in [4.78, 5) is 11.5. The summed E-state index contributed by atoms with van der Waals surface area (Å²) in [6.07, 6.45) is 2.40. The van der Waals surface area contributed by atoms with E-state index in [1.165, 1.54) is 5.56 Å². The van der Waals surface area contributed by atoms with E-state index in [2.05, 4.69) is 22.1 Å². The van der Waals surface area contributed by atoms with Gasteiger partial charge in [-0.2, -0.15) is 0 Å². The van der Waals surface area contributed by atoms with Gasteiger partial charge in [0.2, 0.25) is 0 Å². The van der Waals surface area contributed by atoms with E-state index >= 15 is 0 Å². The van der Waals surface area contributed by atoms with E-state index in [9.17, 15) is 0 Å². The molecule has 0 fully saturated rings. The van der Waals surface area contributed by atoms with E-state index in [4.69, 9.17) is 9.40 Å². The molecule has 2 aromatic heterocycles. The van der Waals surface area contributed by atoms with E-state index in [0.29, 0.717) is 6.42 Å². The van der Waals surface area contributed by atoms with Crippen LogP contribution in [0.2, 0.25) is 0 Å². The molecule has 0 bridgehead atoms. The Bertz CT molecular complexity index is 822. The number of hydrogen-bond donors (Lipinski definition) is 0. The Labute approximate surface area is 140 Å². The molecule has 4 rings (SSSR count). The van der Waals surface area contributed by atoms with Gasteiger partial charge in [0.25, 0.3) is 0 Å². The van der Waals surface area contributed by atoms with Gasteiger partial charge in [0, 0.05) is 0 Å². The minimum absolute atomic E-state index is 0.270. The molecule has 2 heterocycles. The predicted octanol–water partition coefficient (Wildman–Crippen LogP) is 4.05. The first-order valence-electron chi connectivity index (χ1n) is 7.38. The molecule has 0 amide bonds. The topological polar surface area (TPSA) is 38.9 Å².